The summed E-state index contributed by atoms with van der Waals surface area (Å²) in [6, 6.07) is 12.7. The molecule has 3 heterocycles. The monoisotopic (exact) mass is 694 g/mol. The molecular weight excluding hydrogens is 651 g/mol. The maximum absolute atomic E-state index is 13.6. The van der Waals surface area contributed by atoms with Crippen molar-refractivity contribution in [2.45, 2.75) is 45.6 Å². The summed E-state index contributed by atoms with van der Waals surface area (Å²) in [5, 5.41) is 12.0. The zero-order chi connectivity index (χ0) is 32.1. The molecule has 5 N–H and O–H groups in total. The molecule has 0 atom stereocenters. The summed E-state index contributed by atoms with van der Waals surface area (Å²) in [6.45, 7) is 11.3. The van der Waals surface area contributed by atoms with Crippen LogP contribution in [0.25, 0.3) is 10.9 Å². The molecule has 2 aromatic carbocycles. The Bertz CT molecular complexity index is 1700. The van der Waals surface area contributed by atoms with E-state index >= 15 is 0 Å². The molecular formula is C33H44BrN8O2P. The van der Waals surface area contributed by atoms with Crippen molar-refractivity contribution in [1.82, 2.24) is 20.3 Å². The van der Waals surface area contributed by atoms with Crippen LogP contribution in [0.2, 0.25) is 0 Å². The maximum atomic E-state index is 13.6. The van der Waals surface area contributed by atoms with Crippen molar-refractivity contribution >= 4 is 68.1 Å². The maximum Gasteiger partial charge on any atom is 0.229 e. The normalized spacial score (nSPS) is 14.2. The van der Waals surface area contributed by atoms with Crippen LogP contribution in [0.1, 0.15) is 37.9 Å². The number of hydrogen-bond acceptors (Lipinski definition) is 10. The van der Waals surface area contributed by atoms with Crippen molar-refractivity contribution in [3.63, 3.8) is 0 Å². The Labute approximate surface area is 274 Å². The van der Waals surface area contributed by atoms with Crippen LogP contribution in [0.5, 0.6) is 5.75 Å². The molecule has 0 amide bonds. The number of fused-ring (bicyclic) bond motifs is 1. The van der Waals surface area contributed by atoms with Gasteiger partial charge >= 0.3 is 0 Å². The van der Waals surface area contributed by atoms with E-state index in [1.165, 1.54) is 11.3 Å². The lowest BCUT2D eigenvalue weighted by Crippen LogP contribution is -2.44. The molecule has 240 valence electrons. The summed E-state index contributed by atoms with van der Waals surface area (Å²) in [7, 11) is -1.01. The van der Waals surface area contributed by atoms with Gasteiger partial charge in [-0.25, -0.2) is 4.98 Å². The van der Waals surface area contributed by atoms with Crippen molar-refractivity contribution in [1.29, 1.82) is 0 Å². The van der Waals surface area contributed by atoms with Crippen LogP contribution in [-0.4, -0.2) is 67.6 Å². The van der Waals surface area contributed by atoms with Crippen LogP contribution in [0.4, 0.5) is 28.8 Å². The standard InChI is InChI=1S/C33H44BrN8O2P/c1-6-21-18-28(30(44-3)19-29(21)42-16-12-23(13-17-42)36-15-14-35)40-33-37-20-25(34)32(41-33)39-27-11-10-26-24(31(27)45(4,5)43)9-8-22(7-2)38-26/h8-11,18-20,23,36H,6-7,12-17,35H2,1-5H3,(H2,37,39,40,41). The average molecular weight is 696 g/mol. The van der Waals surface area contributed by atoms with Gasteiger partial charge < -0.3 is 35.9 Å². The number of nitrogens with one attached hydrogen (secondary N) is 3. The summed E-state index contributed by atoms with van der Waals surface area (Å²) >= 11 is 3.60. The van der Waals surface area contributed by atoms with Crippen molar-refractivity contribution in [2.24, 2.45) is 5.73 Å². The third-order valence-corrected chi connectivity index (χ3v) is 10.4. The predicted molar refractivity (Wildman–Crippen MR) is 191 cm³/mol. The van der Waals surface area contributed by atoms with E-state index in [4.69, 9.17) is 20.4 Å². The first kappa shape index (κ1) is 33.1. The van der Waals surface area contributed by atoms with Crippen molar-refractivity contribution in [3.8, 4) is 5.75 Å². The highest BCUT2D eigenvalue weighted by molar-refractivity contribution is 9.10. The van der Waals surface area contributed by atoms with Gasteiger partial charge in [0, 0.05) is 66.6 Å². The largest absolute Gasteiger partial charge is 0.494 e. The van der Waals surface area contributed by atoms with Crippen molar-refractivity contribution in [3.05, 3.63) is 58.3 Å². The number of aromatic nitrogens is 3. The number of hydrogen-bond donors (Lipinski definition) is 4. The van der Waals surface area contributed by atoms with Crippen LogP contribution in [-0.2, 0) is 17.4 Å². The molecule has 1 fully saturated rings. The highest BCUT2D eigenvalue weighted by Gasteiger charge is 2.24. The first-order chi connectivity index (χ1) is 21.6. The SMILES string of the molecule is CCc1ccc2c(P(C)(C)=O)c(Nc3nc(Nc4cc(CC)c(N5CCC(NCCN)CC5)cc4OC)ncc3Br)ccc2n1. The molecule has 4 aromatic rings. The fraction of sp³-hybridized carbons (Fsp3) is 0.424. The Morgan fingerprint density at radius 2 is 1.82 bits per heavy atom. The summed E-state index contributed by atoms with van der Waals surface area (Å²) in [6.07, 6.45) is 5.57. The van der Waals surface area contributed by atoms with Gasteiger partial charge in [-0.2, -0.15) is 4.98 Å². The first-order valence-corrected chi connectivity index (χ1v) is 19.0. The number of nitrogens with two attached hydrogens (primary N) is 1. The minimum Gasteiger partial charge on any atom is -0.494 e. The molecule has 1 saturated heterocycles. The zero-order valence-corrected chi connectivity index (χ0v) is 29.3. The Balaban J connectivity index is 1.42. The Morgan fingerprint density at radius 1 is 1.04 bits per heavy atom. The number of benzene rings is 2. The molecule has 0 unspecified atom stereocenters. The van der Waals surface area contributed by atoms with Gasteiger partial charge in [0.1, 0.15) is 18.7 Å². The van der Waals surface area contributed by atoms with Gasteiger partial charge in [-0.1, -0.05) is 19.9 Å². The Hall–Kier alpha value is -3.24. The number of piperidine rings is 1. The summed E-state index contributed by atoms with van der Waals surface area (Å²) in [5.41, 5.74) is 11.5. The van der Waals surface area contributed by atoms with Crippen LogP contribution < -0.4 is 36.6 Å². The molecule has 0 bridgehead atoms. The smallest absolute Gasteiger partial charge is 0.229 e. The predicted octanol–water partition coefficient (Wildman–Crippen LogP) is 6.17. The van der Waals surface area contributed by atoms with Crippen LogP contribution in [0.15, 0.2) is 47.1 Å². The van der Waals surface area contributed by atoms with Gasteiger partial charge in [-0.15, -0.1) is 0 Å². The summed E-state index contributed by atoms with van der Waals surface area (Å²) in [4.78, 5) is 16.5. The van der Waals surface area contributed by atoms with Gasteiger partial charge in [0.25, 0.3) is 0 Å². The zero-order valence-electron chi connectivity index (χ0n) is 26.8. The van der Waals surface area contributed by atoms with Gasteiger partial charge in [-0.3, -0.25) is 4.98 Å². The van der Waals surface area contributed by atoms with E-state index in [1.54, 1.807) is 26.6 Å². The van der Waals surface area contributed by atoms with E-state index < -0.39 is 7.14 Å². The van der Waals surface area contributed by atoms with E-state index in [0.717, 1.165) is 84.3 Å². The van der Waals surface area contributed by atoms with Crippen molar-refractivity contribution in [2.75, 3.05) is 62.2 Å². The van der Waals surface area contributed by atoms with E-state index in [1.807, 2.05) is 24.3 Å². The number of anilines is 5. The Morgan fingerprint density at radius 3 is 2.49 bits per heavy atom. The average Bonchev–Trinajstić information content (AvgIpc) is 3.04. The van der Waals surface area contributed by atoms with E-state index in [-0.39, 0.29) is 0 Å². The lowest BCUT2D eigenvalue weighted by atomic mass is 10.0. The fourth-order valence-electron chi connectivity index (χ4n) is 5.94. The topological polar surface area (TPSA) is 130 Å². The highest BCUT2D eigenvalue weighted by atomic mass is 79.9. The second kappa shape index (κ2) is 14.5. The Kier molecular flexibility index (Phi) is 10.6. The number of ether oxygens (including phenoxy) is 1. The molecule has 0 aliphatic carbocycles. The second-order valence-corrected chi connectivity index (χ2v) is 15.7. The van der Waals surface area contributed by atoms with Crippen molar-refractivity contribution < 1.29 is 9.30 Å². The van der Waals surface area contributed by atoms with E-state index in [9.17, 15) is 4.57 Å². The molecule has 10 nitrogen and oxygen atoms in total. The molecule has 1 aliphatic heterocycles. The molecule has 0 saturated carbocycles. The lowest BCUT2D eigenvalue weighted by Gasteiger charge is -2.35. The first-order valence-electron chi connectivity index (χ1n) is 15.6. The molecule has 45 heavy (non-hydrogen) atoms. The highest BCUT2D eigenvalue weighted by Crippen LogP contribution is 2.42. The fourth-order valence-corrected chi connectivity index (χ4v) is 7.71. The summed E-state index contributed by atoms with van der Waals surface area (Å²) in [5.74, 6) is 1.69. The van der Waals surface area contributed by atoms with Gasteiger partial charge in [0.05, 0.1) is 28.5 Å². The van der Waals surface area contributed by atoms with Gasteiger partial charge in [0.15, 0.2) is 0 Å². The quantitative estimate of drug-likeness (QED) is 0.128. The molecule has 0 radical (unpaired) electrons. The lowest BCUT2D eigenvalue weighted by molar-refractivity contribution is 0.412. The van der Waals surface area contributed by atoms with Gasteiger partial charge in [0.2, 0.25) is 5.95 Å². The number of pyridine rings is 1. The molecule has 1 aliphatic rings. The van der Waals surface area contributed by atoms with Gasteiger partial charge in [-0.05, 0) is 84.8 Å². The number of aryl methyl sites for hydroxylation is 2. The van der Waals surface area contributed by atoms with E-state index in [2.05, 4.69) is 67.7 Å². The molecule has 5 rings (SSSR count). The third-order valence-electron chi connectivity index (χ3n) is 8.24. The van der Waals surface area contributed by atoms with Crippen LogP contribution in [0.3, 0.4) is 0 Å². The minimum absolute atomic E-state index is 0.411. The molecule has 12 heteroatoms. The number of halogens is 1. The second-order valence-electron chi connectivity index (χ2n) is 11.7. The number of nitrogens with zero attached hydrogens (tertiary/aromatic N) is 4. The molecule has 0 spiro atoms. The van der Waals surface area contributed by atoms with Crippen LogP contribution >= 0.6 is 23.1 Å². The number of rotatable bonds is 12. The van der Waals surface area contributed by atoms with E-state index in [0.29, 0.717) is 28.8 Å². The summed E-state index contributed by atoms with van der Waals surface area (Å²) < 4.78 is 20.1. The number of methoxy groups -OCH3 is 1. The van der Waals surface area contributed by atoms with Crippen LogP contribution in [0, 0.1) is 0 Å². The molecule has 2 aromatic heterocycles. The minimum atomic E-state index is -2.69. The third kappa shape index (κ3) is 7.60.